The highest BCUT2D eigenvalue weighted by molar-refractivity contribution is 5.94. The fourth-order valence-corrected chi connectivity index (χ4v) is 3.41. The van der Waals surface area contributed by atoms with Gasteiger partial charge in [0.05, 0.1) is 58.4 Å². The van der Waals surface area contributed by atoms with Crippen molar-refractivity contribution < 1.29 is 23.7 Å². The van der Waals surface area contributed by atoms with Crippen molar-refractivity contribution in [3.05, 3.63) is 108 Å². The summed E-state index contributed by atoms with van der Waals surface area (Å²) in [4.78, 5) is 12.8. The van der Waals surface area contributed by atoms with Crippen molar-refractivity contribution in [3.63, 3.8) is 0 Å². The van der Waals surface area contributed by atoms with Crippen LogP contribution < -0.4 is 5.32 Å². The van der Waals surface area contributed by atoms with Gasteiger partial charge in [0.2, 0.25) is 0 Å². The van der Waals surface area contributed by atoms with Gasteiger partial charge in [0.15, 0.2) is 0 Å². The van der Waals surface area contributed by atoms with Crippen LogP contribution in [0.1, 0.15) is 28.4 Å². The Bertz CT molecular complexity index is 915. The van der Waals surface area contributed by atoms with Crippen LogP contribution in [0.5, 0.6) is 0 Å². The quantitative estimate of drug-likeness (QED) is 0.305. The van der Waals surface area contributed by atoms with E-state index in [4.69, 9.17) is 18.9 Å². The van der Waals surface area contributed by atoms with Gasteiger partial charge in [0.25, 0.3) is 5.91 Å². The van der Waals surface area contributed by atoms with Crippen LogP contribution in [-0.2, 0) is 32.2 Å². The number of ether oxygens (including phenoxy) is 4. The molecule has 35 heavy (non-hydrogen) atoms. The number of carbonyl (C=O) groups excluding carboxylic acids is 1. The fraction of sp³-hybridized carbons (Fsp3) is 0.345. The van der Waals surface area contributed by atoms with E-state index in [-0.39, 0.29) is 5.91 Å². The lowest BCUT2D eigenvalue weighted by molar-refractivity contribution is -0.0215. The van der Waals surface area contributed by atoms with E-state index >= 15 is 0 Å². The molecule has 0 unspecified atom stereocenters. The summed E-state index contributed by atoms with van der Waals surface area (Å²) in [7, 11) is 0. The van der Waals surface area contributed by atoms with Crippen LogP contribution in [0, 0.1) is 0 Å². The Kier molecular flexibility index (Phi) is 11.4. The van der Waals surface area contributed by atoms with E-state index in [1.165, 1.54) is 0 Å². The highest BCUT2D eigenvalue weighted by Crippen LogP contribution is 2.10. The predicted octanol–water partition coefficient (Wildman–Crippen LogP) is 4.64. The smallest absolute Gasteiger partial charge is 0.251 e. The summed E-state index contributed by atoms with van der Waals surface area (Å²) in [5.41, 5.74) is 2.13. The summed E-state index contributed by atoms with van der Waals surface area (Å²) in [6.45, 7) is 5.36. The molecule has 6 nitrogen and oxygen atoms in total. The predicted molar refractivity (Wildman–Crippen MR) is 136 cm³/mol. The van der Waals surface area contributed by atoms with E-state index < -0.39 is 5.54 Å². The van der Waals surface area contributed by atoms with Crippen LogP contribution in [0.2, 0.25) is 0 Å². The lowest BCUT2D eigenvalue weighted by Gasteiger charge is -2.30. The third kappa shape index (κ3) is 10.4. The van der Waals surface area contributed by atoms with Crippen molar-refractivity contribution in [2.75, 3.05) is 39.6 Å². The van der Waals surface area contributed by atoms with E-state index in [0.29, 0.717) is 58.4 Å². The third-order valence-electron chi connectivity index (χ3n) is 5.26. The van der Waals surface area contributed by atoms with Crippen LogP contribution >= 0.6 is 0 Å². The minimum Gasteiger partial charge on any atom is -0.377 e. The second-order valence-electron chi connectivity index (χ2n) is 8.56. The minimum atomic E-state index is -0.703. The normalized spacial score (nSPS) is 11.3. The number of amides is 1. The van der Waals surface area contributed by atoms with Crippen molar-refractivity contribution in [2.45, 2.75) is 25.7 Å². The number of rotatable bonds is 16. The molecule has 0 aliphatic heterocycles. The molecular formula is C29H35NO5. The van der Waals surface area contributed by atoms with E-state index in [0.717, 1.165) is 11.1 Å². The van der Waals surface area contributed by atoms with E-state index in [2.05, 4.69) is 5.32 Å². The zero-order valence-electron chi connectivity index (χ0n) is 20.4. The van der Waals surface area contributed by atoms with Gasteiger partial charge in [-0.05, 0) is 30.2 Å². The molecule has 0 aliphatic carbocycles. The Morgan fingerprint density at radius 3 is 1.49 bits per heavy atom. The molecule has 0 heterocycles. The van der Waals surface area contributed by atoms with Crippen molar-refractivity contribution in [1.29, 1.82) is 0 Å². The first kappa shape index (κ1) is 26.6. The summed E-state index contributed by atoms with van der Waals surface area (Å²) in [5, 5.41) is 3.07. The maximum Gasteiger partial charge on any atom is 0.251 e. The first-order chi connectivity index (χ1) is 17.1. The number of carbonyl (C=O) groups is 1. The second kappa shape index (κ2) is 15.1. The van der Waals surface area contributed by atoms with Gasteiger partial charge in [-0.3, -0.25) is 4.79 Å². The summed E-state index contributed by atoms with van der Waals surface area (Å²) >= 11 is 0. The molecule has 0 aromatic heterocycles. The Morgan fingerprint density at radius 2 is 1.03 bits per heavy atom. The highest BCUT2D eigenvalue weighted by Gasteiger charge is 2.28. The Labute approximate surface area is 208 Å². The molecule has 0 saturated heterocycles. The van der Waals surface area contributed by atoms with Gasteiger partial charge in [0, 0.05) is 5.56 Å². The standard InChI is InChI=1S/C29H35NO5/c1-29(30-28(31)27-15-9-4-10-16-27,23-34-19-17-32-21-25-11-5-2-6-12-25)24-35-20-18-33-22-26-13-7-3-8-14-26/h2-16H,17-24H2,1H3,(H,30,31). The molecule has 186 valence electrons. The maximum atomic E-state index is 12.8. The SMILES string of the molecule is CC(COCCOCc1ccccc1)(COCCOCc1ccccc1)NC(=O)c1ccccc1. The van der Waals surface area contributed by atoms with Crippen LogP contribution in [0.25, 0.3) is 0 Å². The highest BCUT2D eigenvalue weighted by atomic mass is 16.5. The molecule has 3 aromatic carbocycles. The average molecular weight is 478 g/mol. The average Bonchev–Trinajstić information content (AvgIpc) is 2.90. The first-order valence-electron chi connectivity index (χ1n) is 11.9. The minimum absolute atomic E-state index is 0.166. The van der Waals surface area contributed by atoms with E-state index in [1.54, 1.807) is 12.1 Å². The van der Waals surface area contributed by atoms with Crippen LogP contribution in [0.15, 0.2) is 91.0 Å². The van der Waals surface area contributed by atoms with Crippen LogP contribution in [0.4, 0.5) is 0 Å². The lowest BCUT2D eigenvalue weighted by Crippen LogP contribution is -2.53. The Hall–Kier alpha value is -3.03. The molecule has 0 spiro atoms. The lowest BCUT2D eigenvalue weighted by atomic mass is 10.0. The molecule has 0 atom stereocenters. The van der Waals surface area contributed by atoms with E-state index in [9.17, 15) is 4.79 Å². The Balaban J connectivity index is 1.41. The summed E-state index contributed by atoms with van der Waals surface area (Å²) in [6, 6.07) is 29.2. The molecule has 0 fully saturated rings. The first-order valence-corrected chi connectivity index (χ1v) is 11.9. The molecule has 1 amide bonds. The van der Waals surface area contributed by atoms with Crippen LogP contribution in [-0.4, -0.2) is 51.1 Å². The largest absolute Gasteiger partial charge is 0.377 e. The molecule has 1 N–H and O–H groups in total. The van der Waals surface area contributed by atoms with E-state index in [1.807, 2.05) is 85.8 Å². The molecule has 0 bridgehead atoms. The van der Waals surface area contributed by atoms with Crippen molar-refractivity contribution in [2.24, 2.45) is 0 Å². The van der Waals surface area contributed by atoms with Gasteiger partial charge in [-0.25, -0.2) is 0 Å². The van der Waals surface area contributed by atoms with Gasteiger partial charge in [0.1, 0.15) is 0 Å². The van der Waals surface area contributed by atoms with Crippen molar-refractivity contribution in [1.82, 2.24) is 5.32 Å². The second-order valence-corrected chi connectivity index (χ2v) is 8.56. The number of nitrogens with one attached hydrogen (secondary N) is 1. The van der Waals surface area contributed by atoms with Crippen molar-refractivity contribution in [3.8, 4) is 0 Å². The molecule has 0 aliphatic rings. The third-order valence-corrected chi connectivity index (χ3v) is 5.26. The molecule has 3 aromatic rings. The molecular weight excluding hydrogens is 442 g/mol. The zero-order chi connectivity index (χ0) is 24.6. The van der Waals surface area contributed by atoms with Crippen LogP contribution in [0.3, 0.4) is 0 Å². The molecule has 0 radical (unpaired) electrons. The van der Waals surface area contributed by atoms with Gasteiger partial charge >= 0.3 is 0 Å². The van der Waals surface area contributed by atoms with Gasteiger partial charge in [-0.1, -0.05) is 78.9 Å². The van der Waals surface area contributed by atoms with Gasteiger partial charge in [-0.2, -0.15) is 0 Å². The zero-order valence-corrected chi connectivity index (χ0v) is 20.4. The van der Waals surface area contributed by atoms with Crippen molar-refractivity contribution >= 4 is 5.91 Å². The van der Waals surface area contributed by atoms with Gasteiger partial charge in [-0.15, -0.1) is 0 Å². The number of benzene rings is 3. The fourth-order valence-electron chi connectivity index (χ4n) is 3.41. The van der Waals surface area contributed by atoms with Gasteiger partial charge < -0.3 is 24.3 Å². The topological polar surface area (TPSA) is 66.0 Å². The molecule has 3 rings (SSSR count). The number of hydrogen-bond donors (Lipinski definition) is 1. The summed E-state index contributed by atoms with van der Waals surface area (Å²) in [5.74, 6) is -0.166. The summed E-state index contributed by atoms with van der Waals surface area (Å²) in [6.07, 6.45) is 0. The number of hydrogen-bond acceptors (Lipinski definition) is 5. The maximum absolute atomic E-state index is 12.8. The molecule has 0 saturated carbocycles. The summed E-state index contributed by atoms with van der Waals surface area (Å²) < 4.78 is 23.1. The Morgan fingerprint density at radius 1 is 0.629 bits per heavy atom. The monoisotopic (exact) mass is 477 g/mol. The molecule has 6 heteroatoms.